The molecule has 1 aromatic carbocycles. The molecule has 12 heteroatoms. The molecule has 3 N–H and O–H groups in total. The molecule has 0 saturated heterocycles. The first-order valence-electron chi connectivity index (χ1n) is 8.48. The fourth-order valence-electron chi connectivity index (χ4n) is 2.09. The van der Waals surface area contributed by atoms with Gasteiger partial charge in [-0.2, -0.15) is 13.2 Å². The predicted molar refractivity (Wildman–Crippen MR) is 103 cm³/mol. The molecular formula is C19H18ClF6N3O2. The van der Waals surface area contributed by atoms with E-state index in [1.807, 2.05) is 13.0 Å². The molecule has 0 saturated carbocycles. The number of aromatic nitrogens is 2. The van der Waals surface area contributed by atoms with E-state index in [2.05, 4.69) is 4.98 Å². The molecule has 0 radical (unpaired) electrons. The lowest BCUT2D eigenvalue weighted by molar-refractivity contribution is -0.137. The number of aryl methyl sites for hydroxylation is 1. The molecule has 0 aliphatic rings. The van der Waals surface area contributed by atoms with Gasteiger partial charge in [-0.3, -0.25) is 10.7 Å². The lowest BCUT2D eigenvalue weighted by atomic mass is 10.3. The van der Waals surface area contributed by atoms with E-state index in [9.17, 15) is 26.3 Å². The van der Waals surface area contributed by atoms with Crippen LogP contribution in [-0.2, 0) is 6.18 Å². The molecule has 2 heterocycles. The van der Waals surface area contributed by atoms with Crippen molar-refractivity contribution in [3.8, 4) is 5.82 Å². The Morgan fingerprint density at radius 1 is 1.13 bits per heavy atom. The summed E-state index contributed by atoms with van der Waals surface area (Å²) in [5.74, 6) is -3.95. The van der Waals surface area contributed by atoms with Crippen molar-refractivity contribution in [1.82, 2.24) is 9.55 Å². The summed E-state index contributed by atoms with van der Waals surface area (Å²) < 4.78 is 75.6. The van der Waals surface area contributed by atoms with Crippen molar-refractivity contribution in [3.05, 3.63) is 76.5 Å². The number of hydrogen-bond acceptors (Lipinski definition) is 4. The molecule has 0 aliphatic carbocycles. The van der Waals surface area contributed by atoms with E-state index >= 15 is 0 Å². The smallest absolute Gasteiger partial charge is 0.397 e. The highest BCUT2D eigenvalue weighted by Crippen LogP contribution is 2.32. The van der Waals surface area contributed by atoms with Gasteiger partial charge < -0.3 is 9.67 Å². The van der Waals surface area contributed by atoms with E-state index in [1.165, 1.54) is 5.48 Å². The molecule has 31 heavy (non-hydrogen) atoms. The highest BCUT2D eigenvalue weighted by atomic mass is 35.5. The van der Waals surface area contributed by atoms with E-state index in [4.69, 9.17) is 21.9 Å². The first-order valence-corrected chi connectivity index (χ1v) is 8.86. The summed E-state index contributed by atoms with van der Waals surface area (Å²) in [7, 11) is 0. The Morgan fingerprint density at radius 3 is 2.06 bits per heavy atom. The number of aliphatic hydroxyl groups is 1. The zero-order valence-corrected chi connectivity index (χ0v) is 16.9. The summed E-state index contributed by atoms with van der Waals surface area (Å²) in [4.78, 5) is 3.76. The summed E-state index contributed by atoms with van der Waals surface area (Å²) in [5, 5.41) is 15.7. The van der Waals surface area contributed by atoms with Crippen LogP contribution in [0.25, 0.3) is 5.82 Å². The number of pyridine rings is 1. The van der Waals surface area contributed by atoms with Gasteiger partial charge in [0.05, 0.1) is 16.3 Å². The SMILES string of the molecule is CCO.Cc1cccn1-c1ncc(C(F)(F)F)cc1Cl.ONc1cc(F)c(F)c(F)c1. The van der Waals surface area contributed by atoms with E-state index < -0.39 is 29.2 Å². The largest absolute Gasteiger partial charge is 0.417 e. The summed E-state index contributed by atoms with van der Waals surface area (Å²) in [5.41, 5.74) is 1.25. The second-order valence-corrected chi connectivity index (χ2v) is 6.14. The molecule has 2 aromatic heterocycles. The minimum absolute atomic E-state index is 0.0286. The van der Waals surface area contributed by atoms with Crippen LogP contribution in [0.5, 0.6) is 0 Å². The van der Waals surface area contributed by atoms with E-state index in [0.29, 0.717) is 18.0 Å². The Kier molecular flexibility index (Phi) is 9.82. The van der Waals surface area contributed by atoms with Crippen LogP contribution in [0, 0.1) is 24.4 Å². The number of nitrogens with zero attached hydrogens (tertiary/aromatic N) is 2. The fraction of sp³-hybridized carbons (Fsp3) is 0.211. The molecule has 0 amide bonds. The summed E-state index contributed by atoms with van der Waals surface area (Å²) in [6.07, 6.45) is -1.96. The Morgan fingerprint density at radius 2 is 1.68 bits per heavy atom. The van der Waals surface area contributed by atoms with Gasteiger partial charge in [-0.15, -0.1) is 0 Å². The maximum Gasteiger partial charge on any atom is 0.417 e. The minimum atomic E-state index is -4.43. The molecule has 0 atom stereocenters. The number of hydrogen-bond donors (Lipinski definition) is 3. The number of anilines is 1. The van der Waals surface area contributed by atoms with Gasteiger partial charge in [0.1, 0.15) is 0 Å². The molecule has 5 nitrogen and oxygen atoms in total. The van der Waals surface area contributed by atoms with Gasteiger partial charge in [0, 0.05) is 36.8 Å². The number of nitrogens with one attached hydrogen (secondary N) is 1. The zero-order chi connectivity index (χ0) is 23.8. The minimum Gasteiger partial charge on any atom is -0.397 e. The maximum absolute atomic E-state index is 12.4. The Bertz CT molecular complexity index is 972. The average Bonchev–Trinajstić information content (AvgIpc) is 3.11. The van der Waals surface area contributed by atoms with Crippen molar-refractivity contribution in [2.24, 2.45) is 0 Å². The van der Waals surface area contributed by atoms with Crippen molar-refractivity contribution in [3.63, 3.8) is 0 Å². The van der Waals surface area contributed by atoms with Crippen LogP contribution in [-0.4, -0.2) is 26.5 Å². The number of rotatable bonds is 2. The van der Waals surface area contributed by atoms with Crippen LogP contribution in [0.2, 0.25) is 5.02 Å². The zero-order valence-electron chi connectivity index (χ0n) is 16.2. The second kappa shape index (κ2) is 11.6. The summed E-state index contributed by atoms with van der Waals surface area (Å²) >= 11 is 5.82. The van der Waals surface area contributed by atoms with E-state index in [1.54, 1.807) is 23.8 Å². The molecule has 0 fully saturated rings. The molecular weight excluding hydrogens is 452 g/mol. The van der Waals surface area contributed by atoms with Crippen LogP contribution in [0.15, 0.2) is 42.7 Å². The monoisotopic (exact) mass is 469 g/mol. The van der Waals surface area contributed by atoms with Gasteiger partial charge in [-0.1, -0.05) is 11.6 Å². The second-order valence-electron chi connectivity index (χ2n) is 5.73. The third-order valence-electron chi connectivity index (χ3n) is 3.44. The number of alkyl halides is 3. The van der Waals surface area contributed by atoms with Gasteiger partial charge in [0.25, 0.3) is 0 Å². The molecule has 3 aromatic rings. The quantitative estimate of drug-likeness (QED) is 0.254. The first-order chi connectivity index (χ1) is 14.5. The van der Waals surface area contributed by atoms with Crippen molar-refractivity contribution in [2.45, 2.75) is 20.0 Å². The number of benzene rings is 1. The van der Waals surface area contributed by atoms with Gasteiger partial charge in [-0.05, 0) is 32.0 Å². The maximum atomic E-state index is 12.4. The topological polar surface area (TPSA) is 70.3 Å². The lowest BCUT2D eigenvalue weighted by Gasteiger charge is -2.10. The van der Waals surface area contributed by atoms with Crippen LogP contribution < -0.4 is 5.48 Å². The van der Waals surface area contributed by atoms with E-state index in [0.717, 1.165) is 18.0 Å². The molecule has 170 valence electrons. The predicted octanol–water partition coefficient (Wildman–Crippen LogP) is 5.76. The fourth-order valence-corrected chi connectivity index (χ4v) is 2.34. The molecule has 0 unspecified atom stereocenters. The highest BCUT2D eigenvalue weighted by molar-refractivity contribution is 6.32. The van der Waals surface area contributed by atoms with Gasteiger partial charge in [0.2, 0.25) is 0 Å². The number of aliphatic hydroxyl groups excluding tert-OH is 1. The third-order valence-corrected chi connectivity index (χ3v) is 3.72. The first kappa shape index (κ1) is 26.3. The molecule has 0 aliphatic heterocycles. The Hall–Kier alpha value is -2.76. The Balaban J connectivity index is 0.000000296. The van der Waals surface area contributed by atoms with Crippen LogP contribution in [0.1, 0.15) is 18.2 Å². The highest BCUT2D eigenvalue weighted by Gasteiger charge is 2.31. The summed E-state index contributed by atoms with van der Waals surface area (Å²) in [6.45, 7) is 3.75. The third kappa shape index (κ3) is 7.46. The summed E-state index contributed by atoms with van der Waals surface area (Å²) in [6, 6.07) is 5.74. The standard InChI is InChI=1S/C11H8ClF3N2.C6H4F3NO.C2H6O/c1-7-3-2-4-17(7)10-9(12)5-8(6-16-10)11(13,14)15;7-4-1-3(10-11)2-5(8)6(4)9;1-2-3/h2-6H,1H3;1-2,10-11H;3H,2H2,1H3. The normalized spacial score (nSPS) is 10.5. The van der Waals surface area contributed by atoms with E-state index in [-0.39, 0.29) is 17.3 Å². The molecule has 0 bridgehead atoms. The van der Waals surface area contributed by atoms with Crippen LogP contribution >= 0.6 is 11.6 Å². The van der Waals surface area contributed by atoms with Crippen LogP contribution in [0.3, 0.4) is 0 Å². The lowest BCUT2D eigenvalue weighted by Crippen LogP contribution is -2.07. The number of halogens is 7. The molecule has 0 spiro atoms. The average molecular weight is 470 g/mol. The van der Waals surface area contributed by atoms with Gasteiger partial charge in [0.15, 0.2) is 23.3 Å². The van der Waals surface area contributed by atoms with Crippen molar-refractivity contribution in [2.75, 3.05) is 12.1 Å². The van der Waals surface area contributed by atoms with Crippen molar-refractivity contribution in [1.29, 1.82) is 0 Å². The Labute approximate surface area is 178 Å². The van der Waals surface area contributed by atoms with Crippen molar-refractivity contribution < 1.29 is 36.7 Å². The van der Waals surface area contributed by atoms with Crippen molar-refractivity contribution >= 4 is 17.3 Å². The molecule has 3 rings (SSSR count). The van der Waals surface area contributed by atoms with Gasteiger partial charge >= 0.3 is 6.18 Å². The van der Waals surface area contributed by atoms with Crippen LogP contribution in [0.4, 0.5) is 32.0 Å². The van der Waals surface area contributed by atoms with Gasteiger partial charge in [-0.25, -0.2) is 18.2 Å².